The van der Waals surface area contributed by atoms with Gasteiger partial charge >= 0.3 is 0 Å². The summed E-state index contributed by atoms with van der Waals surface area (Å²) in [5.41, 5.74) is 0.520. The normalized spacial score (nSPS) is 30.8. The van der Waals surface area contributed by atoms with E-state index in [0.717, 1.165) is 25.7 Å². The number of hydrogen-bond acceptors (Lipinski definition) is 3. The summed E-state index contributed by atoms with van der Waals surface area (Å²) in [6, 6.07) is 0. The standard InChI is InChI=1S/C13H26N2O/c1-13(4-6-15(2)7-5-13)11-14-9-12-3-8-16-10-12/h12,14H,3-11H2,1-2H3. The van der Waals surface area contributed by atoms with Crippen LogP contribution in [0.5, 0.6) is 0 Å². The molecule has 0 aromatic carbocycles. The number of nitrogens with zero attached hydrogens (tertiary/aromatic N) is 1. The quantitative estimate of drug-likeness (QED) is 0.783. The van der Waals surface area contributed by atoms with Crippen molar-refractivity contribution in [2.24, 2.45) is 11.3 Å². The summed E-state index contributed by atoms with van der Waals surface area (Å²) in [7, 11) is 2.23. The fraction of sp³-hybridized carbons (Fsp3) is 1.00. The molecule has 2 aliphatic rings. The molecule has 2 heterocycles. The molecule has 0 bridgehead atoms. The van der Waals surface area contributed by atoms with Gasteiger partial charge in [-0.05, 0) is 50.7 Å². The Morgan fingerprint density at radius 3 is 2.75 bits per heavy atom. The van der Waals surface area contributed by atoms with E-state index in [2.05, 4.69) is 24.2 Å². The minimum Gasteiger partial charge on any atom is -0.381 e. The van der Waals surface area contributed by atoms with Crippen LogP contribution in [0.4, 0.5) is 0 Å². The van der Waals surface area contributed by atoms with Crippen LogP contribution in [0.15, 0.2) is 0 Å². The highest BCUT2D eigenvalue weighted by Gasteiger charge is 2.28. The van der Waals surface area contributed by atoms with Gasteiger partial charge in [0.25, 0.3) is 0 Å². The first kappa shape index (κ1) is 12.3. The second-order valence-electron chi connectivity index (χ2n) is 5.97. The fourth-order valence-electron chi connectivity index (χ4n) is 2.66. The van der Waals surface area contributed by atoms with Crippen molar-refractivity contribution in [1.82, 2.24) is 10.2 Å². The number of ether oxygens (including phenoxy) is 1. The molecule has 0 amide bonds. The molecule has 0 aromatic heterocycles. The molecular weight excluding hydrogens is 200 g/mol. The van der Waals surface area contributed by atoms with Crippen LogP contribution < -0.4 is 5.32 Å². The molecule has 3 heteroatoms. The smallest absolute Gasteiger partial charge is 0.0507 e. The summed E-state index contributed by atoms with van der Waals surface area (Å²) < 4.78 is 5.39. The molecule has 2 rings (SSSR count). The van der Waals surface area contributed by atoms with E-state index in [-0.39, 0.29) is 0 Å². The van der Waals surface area contributed by atoms with Crippen LogP contribution in [0.25, 0.3) is 0 Å². The van der Waals surface area contributed by atoms with Gasteiger partial charge < -0.3 is 15.0 Å². The predicted octanol–water partition coefficient (Wildman–Crippen LogP) is 1.34. The van der Waals surface area contributed by atoms with Crippen molar-refractivity contribution in [3.05, 3.63) is 0 Å². The van der Waals surface area contributed by atoms with E-state index in [0.29, 0.717) is 5.41 Å². The van der Waals surface area contributed by atoms with Crippen molar-refractivity contribution < 1.29 is 4.74 Å². The van der Waals surface area contributed by atoms with Crippen LogP contribution in [-0.2, 0) is 4.74 Å². The summed E-state index contributed by atoms with van der Waals surface area (Å²) in [4.78, 5) is 2.44. The summed E-state index contributed by atoms with van der Waals surface area (Å²) in [5.74, 6) is 0.759. The van der Waals surface area contributed by atoms with E-state index in [1.807, 2.05) is 0 Å². The minimum absolute atomic E-state index is 0.520. The third kappa shape index (κ3) is 3.44. The average Bonchev–Trinajstić information content (AvgIpc) is 2.76. The maximum atomic E-state index is 5.39. The Bertz CT molecular complexity index is 206. The minimum atomic E-state index is 0.520. The number of hydrogen-bond donors (Lipinski definition) is 1. The second-order valence-corrected chi connectivity index (χ2v) is 5.97. The van der Waals surface area contributed by atoms with Crippen molar-refractivity contribution in [1.29, 1.82) is 0 Å². The van der Waals surface area contributed by atoms with E-state index in [4.69, 9.17) is 4.74 Å². The molecule has 0 saturated carbocycles. The lowest BCUT2D eigenvalue weighted by atomic mass is 9.80. The summed E-state index contributed by atoms with van der Waals surface area (Å²) in [6.45, 7) is 9.19. The van der Waals surface area contributed by atoms with E-state index in [1.54, 1.807) is 0 Å². The van der Waals surface area contributed by atoms with Crippen LogP contribution in [0, 0.1) is 11.3 Å². The Kier molecular flexibility index (Phi) is 4.22. The maximum absolute atomic E-state index is 5.39. The van der Waals surface area contributed by atoms with E-state index in [9.17, 15) is 0 Å². The van der Waals surface area contributed by atoms with Gasteiger partial charge in [0.05, 0.1) is 6.61 Å². The second kappa shape index (κ2) is 5.48. The molecule has 0 aromatic rings. The monoisotopic (exact) mass is 226 g/mol. The van der Waals surface area contributed by atoms with Gasteiger partial charge in [-0.3, -0.25) is 0 Å². The molecule has 16 heavy (non-hydrogen) atoms. The Labute approximate surface area is 99.5 Å². The van der Waals surface area contributed by atoms with E-state index < -0.39 is 0 Å². The number of nitrogens with one attached hydrogen (secondary N) is 1. The lowest BCUT2D eigenvalue weighted by Gasteiger charge is -2.38. The van der Waals surface area contributed by atoms with Crippen molar-refractivity contribution in [2.45, 2.75) is 26.2 Å². The van der Waals surface area contributed by atoms with Gasteiger partial charge in [-0.25, -0.2) is 0 Å². The SMILES string of the molecule is CN1CCC(C)(CNCC2CCOC2)CC1. The van der Waals surface area contributed by atoms with E-state index in [1.165, 1.54) is 38.9 Å². The van der Waals surface area contributed by atoms with Gasteiger partial charge in [0.15, 0.2) is 0 Å². The highest BCUT2D eigenvalue weighted by atomic mass is 16.5. The predicted molar refractivity (Wildman–Crippen MR) is 66.6 cm³/mol. The molecule has 0 spiro atoms. The molecule has 1 atom stereocenters. The van der Waals surface area contributed by atoms with Crippen molar-refractivity contribution >= 4 is 0 Å². The highest BCUT2D eigenvalue weighted by molar-refractivity contribution is 4.83. The lowest BCUT2D eigenvalue weighted by molar-refractivity contribution is 0.134. The first-order valence-corrected chi connectivity index (χ1v) is 6.65. The topological polar surface area (TPSA) is 24.5 Å². The fourth-order valence-corrected chi connectivity index (χ4v) is 2.66. The third-order valence-electron chi connectivity index (χ3n) is 4.20. The average molecular weight is 226 g/mol. The van der Waals surface area contributed by atoms with Crippen molar-refractivity contribution in [3.8, 4) is 0 Å². The van der Waals surface area contributed by atoms with Crippen molar-refractivity contribution in [2.75, 3.05) is 46.4 Å². The first-order valence-electron chi connectivity index (χ1n) is 6.65. The first-order chi connectivity index (χ1) is 7.68. The molecule has 0 aliphatic carbocycles. The third-order valence-corrected chi connectivity index (χ3v) is 4.20. The molecule has 2 aliphatic heterocycles. The van der Waals surface area contributed by atoms with Crippen molar-refractivity contribution in [3.63, 3.8) is 0 Å². The van der Waals surface area contributed by atoms with Gasteiger partial charge in [0.1, 0.15) is 0 Å². The van der Waals surface area contributed by atoms with Gasteiger partial charge in [0, 0.05) is 19.7 Å². The highest BCUT2D eigenvalue weighted by Crippen LogP contribution is 2.29. The molecule has 0 radical (unpaired) electrons. The molecular formula is C13H26N2O. The van der Waals surface area contributed by atoms with Gasteiger partial charge in [-0.1, -0.05) is 6.92 Å². The number of rotatable bonds is 4. The van der Waals surface area contributed by atoms with Gasteiger partial charge in [-0.15, -0.1) is 0 Å². The van der Waals surface area contributed by atoms with Gasteiger partial charge in [-0.2, -0.15) is 0 Å². The summed E-state index contributed by atoms with van der Waals surface area (Å²) in [6.07, 6.45) is 3.90. The Hall–Kier alpha value is -0.120. The zero-order valence-electron chi connectivity index (χ0n) is 10.8. The molecule has 94 valence electrons. The number of likely N-dealkylation sites (tertiary alicyclic amines) is 1. The molecule has 3 nitrogen and oxygen atoms in total. The van der Waals surface area contributed by atoms with Crippen LogP contribution in [0.1, 0.15) is 26.2 Å². The molecule has 1 N–H and O–H groups in total. The van der Waals surface area contributed by atoms with Crippen LogP contribution in [0.2, 0.25) is 0 Å². The van der Waals surface area contributed by atoms with Crippen LogP contribution in [-0.4, -0.2) is 51.3 Å². The van der Waals surface area contributed by atoms with Crippen LogP contribution >= 0.6 is 0 Å². The lowest BCUT2D eigenvalue weighted by Crippen LogP contribution is -2.43. The molecule has 2 saturated heterocycles. The Morgan fingerprint density at radius 1 is 1.38 bits per heavy atom. The molecule has 1 unspecified atom stereocenters. The van der Waals surface area contributed by atoms with Crippen LogP contribution in [0.3, 0.4) is 0 Å². The Balaban J connectivity index is 1.64. The summed E-state index contributed by atoms with van der Waals surface area (Å²) >= 11 is 0. The largest absolute Gasteiger partial charge is 0.381 e. The number of piperidine rings is 1. The maximum Gasteiger partial charge on any atom is 0.0507 e. The van der Waals surface area contributed by atoms with Gasteiger partial charge in [0.2, 0.25) is 0 Å². The zero-order chi connectivity index (χ0) is 11.4. The molecule has 2 fully saturated rings. The zero-order valence-corrected chi connectivity index (χ0v) is 10.8. The van der Waals surface area contributed by atoms with E-state index >= 15 is 0 Å². The summed E-state index contributed by atoms with van der Waals surface area (Å²) in [5, 5.41) is 3.65. The Morgan fingerprint density at radius 2 is 2.12 bits per heavy atom.